The second-order valence-corrected chi connectivity index (χ2v) is 5.22. The highest BCUT2D eigenvalue weighted by molar-refractivity contribution is 5.88. The molecule has 0 aromatic heterocycles. The Morgan fingerprint density at radius 3 is 2.64 bits per heavy atom. The van der Waals surface area contributed by atoms with Gasteiger partial charge in [-0.2, -0.15) is 0 Å². The molecule has 0 spiro atoms. The SMILES string of the molecule is O=C(NCCC=Cc1cc(C(=O)O)ccc1F)OCc1ccccc1. The predicted molar refractivity (Wildman–Crippen MR) is 91.6 cm³/mol. The zero-order valence-corrected chi connectivity index (χ0v) is 13.4. The Morgan fingerprint density at radius 1 is 1.16 bits per heavy atom. The van der Waals surface area contributed by atoms with E-state index in [-0.39, 0.29) is 17.7 Å². The van der Waals surface area contributed by atoms with Crippen LogP contribution in [-0.4, -0.2) is 23.7 Å². The van der Waals surface area contributed by atoms with E-state index in [1.165, 1.54) is 18.2 Å². The smallest absolute Gasteiger partial charge is 0.407 e. The highest BCUT2D eigenvalue weighted by Crippen LogP contribution is 2.12. The summed E-state index contributed by atoms with van der Waals surface area (Å²) in [6.45, 7) is 0.514. The molecule has 2 rings (SSSR count). The van der Waals surface area contributed by atoms with Crippen molar-refractivity contribution in [2.75, 3.05) is 6.54 Å². The number of benzene rings is 2. The average molecular weight is 343 g/mol. The van der Waals surface area contributed by atoms with Crippen LogP contribution in [0.2, 0.25) is 0 Å². The Morgan fingerprint density at radius 2 is 1.92 bits per heavy atom. The second kappa shape index (κ2) is 9.22. The van der Waals surface area contributed by atoms with Gasteiger partial charge in [-0.15, -0.1) is 0 Å². The van der Waals surface area contributed by atoms with Gasteiger partial charge in [0.15, 0.2) is 0 Å². The number of hydrogen-bond acceptors (Lipinski definition) is 3. The largest absolute Gasteiger partial charge is 0.478 e. The molecule has 0 saturated heterocycles. The number of alkyl carbamates (subject to hydrolysis) is 1. The number of amides is 1. The molecule has 0 aliphatic rings. The van der Waals surface area contributed by atoms with Crippen molar-refractivity contribution >= 4 is 18.1 Å². The first kappa shape index (κ1) is 18.2. The molecule has 0 unspecified atom stereocenters. The van der Waals surface area contributed by atoms with Crippen LogP contribution < -0.4 is 5.32 Å². The molecule has 2 aromatic carbocycles. The van der Waals surface area contributed by atoms with E-state index in [0.717, 1.165) is 11.6 Å². The molecular weight excluding hydrogens is 325 g/mol. The van der Waals surface area contributed by atoms with Crippen LogP contribution in [0.15, 0.2) is 54.6 Å². The molecule has 0 aliphatic heterocycles. The number of carboxylic acid groups (broad SMARTS) is 1. The first-order valence-corrected chi connectivity index (χ1v) is 7.70. The minimum Gasteiger partial charge on any atom is -0.478 e. The number of carbonyl (C=O) groups excluding carboxylic acids is 1. The Labute approximate surface area is 144 Å². The molecule has 0 radical (unpaired) electrons. The summed E-state index contributed by atoms with van der Waals surface area (Å²) in [6.07, 6.45) is 3.06. The maximum Gasteiger partial charge on any atom is 0.407 e. The molecule has 0 atom stereocenters. The third-order valence-electron chi connectivity index (χ3n) is 3.33. The van der Waals surface area contributed by atoms with Gasteiger partial charge in [0.2, 0.25) is 0 Å². The Balaban J connectivity index is 1.73. The molecule has 25 heavy (non-hydrogen) atoms. The van der Waals surface area contributed by atoms with Gasteiger partial charge >= 0.3 is 12.1 Å². The number of carbonyl (C=O) groups is 2. The fourth-order valence-corrected chi connectivity index (χ4v) is 2.05. The third-order valence-corrected chi connectivity index (χ3v) is 3.33. The lowest BCUT2D eigenvalue weighted by Gasteiger charge is -2.06. The predicted octanol–water partition coefficient (Wildman–Crippen LogP) is 3.85. The lowest BCUT2D eigenvalue weighted by molar-refractivity contribution is 0.0696. The van der Waals surface area contributed by atoms with Gasteiger partial charge in [-0.3, -0.25) is 0 Å². The Kier molecular flexibility index (Phi) is 6.71. The normalized spacial score (nSPS) is 10.6. The second-order valence-electron chi connectivity index (χ2n) is 5.22. The van der Waals surface area contributed by atoms with E-state index in [2.05, 4.69) is 5.32 Å². The first-order chi connectivity index (χ1) is 12.1. The zero-order valence-electron chi connectivity index (χ0n) is 13.4. The molecule has 6 heteroatoms. The zero-order chi connectivity index (χ0) is 18.1. The molecule has 0 aliphatic carbocycles. The van der Waals surface area contributed by atoms with Gasteiger partial charge in [-0.05, 0) is 30.2 Å². The van der Waals surface area contributed by atoms with Crippen molar-refractivity contribution in [2.24, 2.45) is 0 Å². The first-order valence-electron chi connectivity index (χ1n) is 7.70. The van der Waals surface area contributed by atoms with E-state index >= 15 is 0 Å². The molecule has 0 bridgehead atoms. The van der Waals surface area contributed by atoms with E-state index in [1.807, 2.05) is 30.3 Å². The summed E-state index contributed by atoms with van der Waals surface area (Å²) >= 11 is 0. The van der Waals surface area contributed by atoms with Crippen molar-refractivity contribution in [3.8, 4) is 0 Å². The van der Waals surface area contributed by atoms with Crippen molar-refractivity contribution in [1.82, 2.24) is 5.32 Å². The molecule has 2 N–H and O–H groups in total. The van der Waals surface area contributed by atoms with Gasteiger partial charge in [0.25, 0.3) is 0 Å². The van der Waals surface area contributed by atoms with E-state index in [0.29, 0.717) is 13.0 Å². The number of aromatic carboxylic acids is 1. The van der Waals surface area contributed by atoms with Gasteiger partial charge in [-0.25, -0.2) is 14.0 Å². The topological polar surface area (TPSA) is 75.6 Å². The number of nitrogens with one attached hydrogen (secondary N) is 1. The highest BCUT2D eigenvalue weighted by atomic mass is 19.1. The van der Waals surface area contributed by atoms with Crippen molar-refractivity contribution in [3.05, 3.63) is 77.1 Å². The van der Waals surface area contributed by atoms with E-state index in [1.54, 1.807) is 6.08 Å². The monoisotopic (exact) mass is 343 g/mol. The van der Waals surface area contributed by atoms with E-state index in [9.17, 15) is 14.0 Å². The number of ether oxygens (including phenoxy) is 1. The molecule has 0 heterocycles. The quantitative estimate of drug-likeness (QED) is 0.749. The van der Waals surface area contributed by atoms with Gasteiger partial charge in [0.05, 0.1) is 5.56 Å². The van der Waals surface area contributed by atoms with Gasteiger partial charge in [-0.1, -0.05) is 42.5 Å². The number of halogens is 1. The van der Waals surface area contributed by atoms with Crippen LogP contribution in [0.1, 0.15) is 27.9 Å². The maximum absolute atomic E-state index is 13.6. The third kappa shape index (κ3) is 6.10. The summed E-state index contributed by atoms with van der Waals surface area (Å²) in [5.74, 6) is -1.62. The Hall–Kier alpha value is -3.15. The summed E-state index contributed by atoms with van der Waals surface area (Å²) in [5, 5.41) is 11.5. The van der Waals surface area contributed by atoms with Crippen molar-refractivity contribution in [1.29, 1.82) is 0 Å². The van der Waals surface area contributed by atoms with Crippen LogP contribution in [0, 0.1) is 5.82 Å². The van der Waals surface area contributed by atoms with Crippen LogP contribution >= 0.6 is 0 Å². The molecule has 130 valence electrons. The molecule has 5 nitrogen and oxygen atoms in total. The number of hydrogen-bond donors (Lipinski definition) is 2. The maximum atomic E-state index is 13.6. The summed E-state index contributed by atoms with van der Waals surface area (Å²) in [7, 11) is 0. The van der Waals surface area contributed by atoms with E-state index in [4.69, 9.17) is 9.84 Å². The molecule has 2 aromatic rings. The standard InChI is InChI=1S/C19H18FNO4/c20-17-10-9-16(18(22)23)12-15(17)8-4-5-11-21-19(24)25-13-14-6-2-1-3-7-14/h1-4,6-10,12H,5,11,13H2,(H,21,24)(H,22,23). The molecular formula is C19H18FNO4. The van der Waals surface area contributed by atoms with E-state index < -0.39 is 17.9 Å². The number of rotatable bonds is 7. The van der Waals surface area contributed by atoms with Crippen LogP contribution in [0.5, 0.6) is 0 Å². The summed E-state index contributed by atoms with van der Waals surface area (Å²) < 4.78 is 18.7. The summed E-state index contributed by atoms with van der Waals surface area (Å²) in [4.78, 5) is 22.4. The van der Waals surface area contributed by atoms with Crippen molar-refractivity contribution < 1.29 is 23.8 Å². The van der Waals surface area contributed by atoms with Gasteiger partial charge in [0, 0.05) is 12.1 Å². The minimum absolute atomic E-state index is 0.0173. The minimum atomic E-state index is -1.11. The van der Waals surface area contributed by atoms with Crippen LogP contribution in [0.3, 0.4) is 0 Å². The summed E-state index contributed by atoms with van der Waals surface area (Å²) in [6, 6.07) is 12.9. The van der Waals surface area contributed by atoms with Gasteiger partial charge < -0.3 is 15.2 Å². The van der Waals surface area contributed by atoms with Gasteiger partial charge in [0.1, 0.15) is 12.4 Å². The lowest BCUT2D eigenvalue weighted by Crippen LogP contribution is -2.24. The molecule has 1 amide bonds. The highest BCUT2D eigenvalue weighted by Gasteiger charge is 2.06. The van der Waals surface area contributed by atoms with Crippen LogP contribution in [0.4, 0.5) is 9.18 Å². The summed E-state index contributed by atoms with van der Waals surface area (Å²) in [5.41, 5.74) is 1.10. The fourth-order valence-electron chi connectivity index (χ4n) is 2.05. The Bertz CT molecular complexity index is 759. The molecule has 0 fully saturated rings. The number of carboxylic acids is 1. The average Bonchev–Trinajstić information content (AvgIpc) is 2.61. The lowest BCUT2D eigenvalue weighted by atomic mass is 10.1. The fraction of sp³-hybridized carbons (Fsp3) is 0.158. The van der Waals surface area contributed by atoms with Crippen molar-refractivity contribution in [3.63, 3.8) is 0 Å². The van der Waals surface area contributed by atoms with Crippen LogP contribution in [-0.2, 0) is 11.3 Å². The van der Waals surface area contributed by atoms with Crippen molar-refractivity contribution in [2.45, 2.75) is 13.0 Å². The van der Waals surface area contributed by atoms with Crippen LogP contribution in [0.25, 0.3) is 6.08 Å². The molecule has 0 saturated carbocycles.